The van der Waals surface area contributed by atoms with Crippen LogP contribution >= 0.6 is 11.8 Å². The fourth-order valence-corrected chi connectivity index (χ4v) is 2.65. The van der Waals surface area contributed by atoms with Gasteiger partial charge in [0.1, 0.15) is 6.04 Å². The first-order chi connectivity index (χ1) is 7.20. The smallest absolute Gasteiger partial charge is 0.326 e. The SMILES string of the molecule is CCc1ccc2c(c1)SCC(C(=O)O)N2. The molecule has 2 N–H and O–H groups in total. The summed E-state index contributed by atoms with van der Waals surface area (Å²) < 4.78 is 0. The lowest BCUT2D eigenvalue weighted by molar-refractivity contribution is -0.137. The molecule has 0 spiro atoms. The Morgan fingerprint density at radius 2 is 2.47 bits per heavy atom. The van der Waals surface area contributed by atoms with Crippen LogP contribution in [0.4, 0.5) is 5.69 Å². The van der Waals surface area contributed by atoms with E-state index in [9.17, 15) is 4.79 Å². The van der Waals surface area contributed by atoms with Crippen molar-refractivity contribution in [2.24, 2.45) is 0 Å². The lowest BCUT2D eigenvalue weighted by Crippen LogP contribution is -2.34. The third kappa shape index (κ3) is 2.09. The summed E-state index contributed by atoms with van der Waals surface area (Å²) in [5, 5.41) is 11.9. The van der Waals surface area contributed by atoms with E-state index in [4.69, 9.17) is 5.11 Å². The van der Waals surface area contributed by atoms with Gasteiger partial charge in [-0.15, -0.1) is 11.8 Å². The van der Waals surface area contributed by atoms with Crippen LogP contribution in [-0.2, 0) is 11.2 Å². The maximum Gasteiger partial charge on any atom is 0.326 e. The van der Waals surface area contributed by atoms with Gasteiger partial charge in [0.15, 0.2) is 0 Å². The van der Waals surface area contributed by atoms with Crippen LogP contribution in [0.3, 0.4) is 0 Å². The first-order valence-corrected chi connectivity index (χ1v) is 5.94. The van der Waals surface area contributed by atoms with Crippen LogP contribution in [0, 0.1) is 0 Å². The summed E-state index contributed by atoms with van der Waals surface area (Å²) in [5.41, 5.74) is 2.23. The average Bonchev–Trinajstić information content (AvgIpc) is 2.27. The maximum atomic E-state index is 10.8. The zero-order chi connectivity index (χ0) is 10.8. The number of hydrogen-bond acceptors (Lipinski definition) is 3. The minimum atomic E-state index is -0.785. The van der Waals surface area contributed by atoms with E-state index >= 15 is 0 Å². The fourth-order valence-electron chi connectivity index (χ4n) is 1.56. The number of hydrogen-bond donors (Lipinski definition) is 2. The number of benzene rings is 1. The molecule has 1 aliphatic heterocycles. The van der Waals surface area contributed by atoms with Crippen molar-refractivity contribution in [1.29, 1.82) is 0 Å². The second-order valence-electron chi connectivity index (χ2n) is 3.53. The molecule has 1 heterocycles. The average molecular weight is 223 g/mol. The monoisotopic (exact) mass is 223 g/mol. The fraction of sp³-hybridized carbons (Fsp3) is 0.364. The van der Waals surface area contributed by atoms with E-state index in [1.54, 1.807) is 11.8 Å². The van der Waals surface area contributed by atoms with Gasteiger partial charge in [0.2, 0.25) is 0 Å². The predicted molar refractivity (Wildman–Crippen MR) is 61.6 cm³/mol. The number of rotatable bonds is 2. The highest BCUT2D eigenvalue weighted by Crippen LogP contribution is 2.33. The summed E-state index contributed by atoms with van der Waals surface area (Å²) in [7, 11) is 0. The van der Waals surface area contributed by atoms with Crippen LogP contribution in [0.25, 0.3) is 0 Å². The van der Waals surface area contributed by atoms with E-state index in [2.05, 4.69) is 18.3 Å². The first-order valence-electron chi connectivity index (χ1n) is 4.95. The molecule has 0 aliphatic carbocycles. The van der Waals surface area contributed by atoms with Gasteiger partial charge < -0.3 is 10.4 Å². The van der Waals surface area contributed by atoms with Crippen LogP contribution < -0.4 is 5.32 Å². The molecule has 0 radical (unpaired) electrons. The van der Waals surface area contributed by atoms with Crippen molar-refractivity contribution in [3.63, 3.8) is 0 Å². The van der Waals surface area contributed by atoms with E-state index in [1.807, 2.05) is 12.1 Å². The minimum absolute atomic E-state index is 0.463. The summed E-state index contributed by atoms with van der Waals surface area (Å²) in [4.78, 5) is 12.0. The van der Waals surface area contributed by atoms with Gasteiger partial charge in [0.25, 0.3) is 0 Å². The zero-order valence-electron chi connectivity index (χ0n) is 8.49. The van der Waals surface area contributed by atoms with Crippen molar-refractivity contribution in [2.45, 2.75) is 24.3 Å². The Morgan fingerprint density at radius 1 is 1.67 bits per heavy atom. The highest BCUT2D eigenvalue weighted by molar-refractivity contribution is 7.99. The van der Waals surface area contributed by atoms with Crippen molar-refractivity contribution in [3.05, 3.63) is 23.8 Å². The lowest BCUT2D eigenvalue weighted by Gasteiger charge is -2.23. The number of aliphatic carboxylic acids is 1. The number of carboxylic acids is 1. The quantitative estimate of drug-likeness (QED) is 0.807. The summed E-state index contributed by atoms with van der Waals surface area (Å²) in [6, 6.07) is 5.67. The van der Waals surface area contributed by atoms with Gasteiger partial charge in [0.05, 0.1) is 0 Å². The van der Waals surface area contributed by atoms with Crippen LogP contribution in [0.2, 0.25) is 0 Å². The van der Waals surface area contributed by atoms with Gasteiger partial charge in [-0.3, -0.25) is 0 Å². The standard InChI is InChI=1S/C11H13NO2S/c1-2-7-3-4-8-10(5-7)15-6-9(12-8)11(13)14/h3-5,9,12H,2,6H2,1H3,(H,13,14). The maximum absolute atomic E-state index is 10.8. The van der Waals surface area contributed by atoms with Gasteiger partial charge >= 0.3 is 5.97 Å². The molecule has 1 aromatic carbocycles. The number of fused-ring (bicyclic) bond motifs is 1. The van der Waals surface area contributed by atoms with Crippen LogP contribution in [0.15, 0.2) is 23.1 Å². The van der Waals surface area contributed by atoms with Gasteiger partial charge in [0, 0.05) is 16.3 Å². The van der Waals surface area contributed by atoms with Crippen LogP contribution in [0.1, 0.15) is 12.5 Å². The lowest BCUT2D eigenvalue weighted by atomic mass is 10.1. The first kappa shape index (κ1) is 10.4. The van der Waals surface area contributed by atoms with Crippen molar-refractivity contribution >= 4 is 23.4 Å². The molecule has 2 rings (SSSR count). The molecule has 1 unspecified atom stereocenters. The molecule has 0 fully saturated rings. The van der Waals surface area contributed by atoms with Crippen LogP contribution in [0.5, 0.6) is 0 Å². The molecule has 80 valence electrons. The third-order valence-corrected chi connectivity index (χ3v) is 3.64. The molecule has 0 bridgehead atoms. The molecular weight excluding hydrogens is 210 g/mol. The summed E-state index contributed by atoms with van der Waals surface area (Å²) in [6.07, 6.45) is 1.01. The summed E-state index contributed by atoms with van der Waals surface area (Å²) >= 11 is 1.61. The molecule has 0 saturated carbocycles. The number of nitrogens with one attached hydrogen (secondary N) is 1. The number of carbonyl (C=O) groups is 1. The highest BCUT2D eigenvalue weighted by Gasteiger charge is 2.23. The summed E-state index contributed by atoms with van der Waals surface area (Å²) in [5.74, 6) is -0.192. The second kappa shape index (κ2) is 4.14. The second-order valence-corrected chi connectivity index (χ2v) is 4.59. The van der Waals surface area contributed by atoms with Crippen molar-refractivity contribution in [3.8, 4) is 0 Å². The Labute approximate surface area is 92.9 Å². The molecule has 1 atom stereocenters. The van der Waals surface area contributed by atoms with Crippen molar-refractivity contribution in [1.82, 2.24) is 0 Å². The molecule has 1 aromatic rings. The number of aryl methyl sites for hydroxylation is 1. The Morgan fingerprint density at radius 3 is 3.13 bits per heavy atom. The molecule has 4 heteroatoms. The van der Waals surface area contributed by atoms with E-state index in [-0.39, 0.29) is 0 Å². The van der Waals surface area contributed by atoms with E-state index < -0.39 is 12.0 Å². The Kier molecular flexibility index (Phi) is 2.86. The van der Waals surface area contributed by atoms with Gasteiger partial charge in [-0.2, -0.15) is 0 Å². The molecular formula is C11H13NO2S. The van der Waals surface area contributed by atoms with Crippen LogP contribution in [-0.4, -0.2) is 22.9 Å². The predicted octanol–water partition coefficient (Wildman–Crippen LogP) is 2.22. The highest BCUT2D eigenvalue weighted by atomic mass is 32.2. The zero-order valence-corrected chi connectivity index (χ0v) is 9.30. The Hall–Kier alpha value is -1.16. The topological polar surface area (TPSA) is 49.3 Å². The third-order valence-electron chi connectivity index (χ3n) is 2.49. The van der Waals surface area contributed by atoms with E-state index in [0.717, 1.165) is 17.0 Å². The van der Waals surface area contributed by atoms with Gasteiger partial charge in [-0.05, 0) is 24.1 Å². The molecule has 15 heavy (non-hydrogen) atoms. The van der Waals surface area contributed by atoms with Gasteiger partial charge in [-0.25, -0.2) is 4.79 Å². The largest absolute Gasteiger partial charge is 0.480 e. The van der Waals surface area contributed by atoms with E-state index in [1.165, 1.54) is 5.56 Å². The van der Waals surface area contributed by atoms with Gasteiger partial charge in [-0.1, -0.05) is 13.0 Å². The molecule has 1 aliphatic rings. The number of anilines is 1. The molecule has 0 amide bonds. The van der Waals surface area contributed by atoms with Crippen molar-refractivity contribution < 1.29 is 9.90 Å². The van der Waals surface area contributed by atoms with E-state index in [0.29, 0.717) is 5.75 Å². The number of thioether (sulfide) groups is 1. The Balaban J connectivity index is 2.24. The molecule has 0 aromatic heterocycles. The van der Waals surface area contributed by atoms with Crippen molar-refractivity contribution in [2.75, 3.05) is 11.1 Å². The number of carboxylic acid groups (broad SMARTS) is 1. The molecule has 0 saturated heterocycles. The minimum Gasteiger partial charge on any atom is -0.480 e. The summed E-state index contributed by atoms with van der Waals surface area (Å²) in [6.45, 7) is 2.11. The Bertz CT molecular complexity index is 392. The molecule has 3 nitrogen and oxygen atoms in total. The normalized spacial score (nSPS) is 19.1.